The second kappa shape index (κ2) is 20.5. The number of hydrogen-bond donors (Lipinski definition) is 3. The first-order valence-electron chi connectivity index (χ1n) is 15.3. The fourth-order valence-corrected chi connectivity index (χ4v) is 4.89. The number of aromatic nitrogens is 7. The molecule has 3 heterocycles. The van der Waals surface area contributed by atoms with Crippen LogP contribution in [0.4, 0.5) is 40.6 Å². The summed E-state index contributed by atoms with van der Waals surface area (Å²) in [6.07, 6.45) is 1.09. The second-order valence-electron chi connectivity index (χ2n) is 11.1. The van der Waals surface area contributed by atoms with E-state index in [9.17, 15) is 44.9 Å². The maximum Gasteiger partial charge on any atom is 1.00 e. The number of nitriles is 1. The van der Waals surface area contributed by atoms with Gasteiger partial charge in [-0.15, -0.1) is 10.2 Å². The van der Waals surface area contributed by atoms with Crippen molar-refractivity contribution >= 4 is 64.5 Å². The van der Waals surface area contributed by atoms with E-state index in [4.69, 9.17) is 11.6 Å². The topological polar surface area (TPSA) is 351 Å². The number of nitrogens with zero attached hydrogens (tertiary/aromatic N) is 11. The summed E-state index contributed by atoms with van der Waals surface area (Å²) >= 11 is 0. The monoisotopic (exact) mass is 768 g/mol. The van der Waals surface area contributed by atoms with Crippen molar-refractivity contribution in [2.45, 2.75) is 6.92 Å². The molecule has 0 aliphatic rings. The largest absolute Gasteiger partial charge is 1.00 e. The average molecular weight is 768 g/mol. The third kappa shape index (κ3) is 10.7. The molecule has 0 radical (unpaired) electrons. The van der Waals surface area contributed by atoms with Crippen LogP contribution in [0.5, 0.6) is 0 Å². The molecule has 3 aromatic heterocycles. The Labute approximate surface area is 380 Å². The average Bonchev–Trinajstić information content (AvgIpc) is 3.72. The minimum absolute atomic E-state index is 0. The molecule has 0 saturated heterocycles. The Morgan fingerprint density at radius 1 is 0.763 bits per heavy atom. The number of hydrazine groups is 1. The van der Waals surface area contributed by atoms with Crippen molar-refractivity contribution in [2.75, 3.05) is 16.1 Å². The smallest absolute Gasteiger partial charge is 0.545 e. The van der Waals surface area contributed by atoms with E-state index in [1.807, 2.05) is 6.07 Å². The molecular weight excluding hydrogens is 748 g/mol. The van der Waals surface area contributed by atoms with Crippen molar-refractivity contribution in [3.05, 3.63) is 106 Å². The van der Waals surface area contributed by atoms with Gasteiger partial charge in [0.15, 0.2) is 17.3 Å². The molecule has 0 saturated carbocycles. The van der Waals surface area contributed by atoms with Crippen LogP contribution in [0.25, 0.3) is 11.6 Å². The van der Waals surface area contributed by atoms with Crippen LogP contribution in [0, 0.1) is 18.3 Å². The summed E-state index contributed by atoms with van der Waals surface area (Å²) in [7, 11) is 0. The number of nitrogens with two attached hydrogens (primary N) is 2. The summed E-state index contributed by atoms with van der Waals surface area (Å²) in [5, 5.41) is 76.0. The summed E-state index contributed by atoms with van der Waals surface area (Å²) in [5.41, 5.74) is 5.68. The molecule has 0 aliphatic heterocycles. The summed E-state index contributed by atoms with van der Waals surface area (Å²) < 4.78 is 2.03. The van der Waals surface area contributed by atoms with E-state index in [1.54, 1.807) is 0 Å². The molecule has 0 atom stereocenters. The minimum Gasteiger partial charge on any atom is -0.545 e. The summed E-state index contributed by atoms with van der Waals surface area (Å²) in [5.74, 6) is -0.808. The molecule has 274 valence electrons. The molecule has 0 spiro atoms. The standard InChI is InChI=1S/C33H24N14O8.4Li/c1-15-24(42-43-26-20(13-34)14-37-46(26)23-11-18(29(52)53)10-19(12-23)30(54)55)25(35)47(44-15)33-40-31(38-21-6-2-16(3-7-21)27(48)49)39-32(41-33)45(36)22-8-4-17(5-9-22)28(50)51;;;;/h2-12,14H,35-36H2,1H3,(H,48,49)(H,50,51)(H,52,53)(H,54,55)(H,38,39,40,41);;;;/q;4*+1/p-4. The first kappa shape index (κ1) is 49.0. The molecule has 0 unspecified atom stereocenters. The van der Waals surface area contributed by atoms with Gasteiger partial charge in [-0.05, 0) is 71.6 Å². The number of carboxylic acid groups (broad SMARTS) is 4. The Morgan fingerprint density at radius 2 is 1.31 bits per heavy atom. The molecule has 22 nitrogen and oxygen atoms in total. The van der Waals surface area contributed by atoms with Crippen molar-refractivity contribution in [1.82, 2.24) is 34.5 Å². The Morgan fingerprint density at radius 3 is 1.83 bits per heavy atom. The second-order valence-corrected chi connectivity index (χ2v) is 11.1. The van der Waals surface area contributed by atoms with Crippen LogP contribution in [-0.2, 0) is 0 Å². The van der Waals surface area contributed by atoms with Gasteiger partial charge in [-0.2, -0.15) is 35.1 Å². The number of carbonyl (C=O) groups is 4. The fraction of sp³-hybridized carbons (Fsp3) is 0.0303. The molecule has 5 N–H and O–H groups in total. The number of carbonyl (C=O) groups excluding carboxylic acids is 4. The molecule has 0 aliphatic carbocycles. The normalized spacial score (nSPS) is 10.2. The summed E-state index contributed by atoms with van der Waals surface area (Å²) in [4.78, 5) is 58.7. The van der Waals surface area contributed by atoms with Gasteiger partial charge in [-0.1, -0.05) is 24.3 Å². The zero-order chi connectivity index (χ0) is 39.6. The Balaban J connectivity index is 0.00000300. The van der Waals surface area contributed by atoms with Gasteiger partial charge in [0, 0.05) is 5.69 Å². The minimum atomic E-state index is -1.68. The molecule has 0 fully saturated rings. The van der Waals surface area contributed by atoms with Gasteiger partial charge in [0.2, 0.25) is 5.95 Å². The molecule has 6 aromatic rings. The predicted molar refractivity (Wildman–Crippen MR) is 178 cm³/mol. The molecule has 26 heteroatoms. The molecular formula is C33H20Li4N14O8. The SMILES string of the molecule is Cc1nn(-c2nc(Nc3ccc(C(=O)[O-])cc3)nc(N(N)c3ccc(C(=O)[O-])cc3)n2)c(N)c1N=Nc1c(C#N)cnn1-c1cc(C(=O)[O-])cc(C(=O)[O-])c1.[Li+].[Li+].[Li+].[Li+]. The number of anilines is 5. The number of nitrogens with one attached hydrogen (secondary N) is 1. The number of rotatable bonds is 12. The van der Waals surface area contributed by atoms with Crippen LogP contribution in [0.15, 0.2) is 83.2 Å². The molecule has 3 aromatic carbocycles. The van der Waals surface area contributed by atoms with Crippen molar-refractivity contribution in [2.24, 2.45) is 16.1 Å². The number of carboxylic acids is 4. The molecule has 0 bridgehead atoms. The van der Waals surface area contributed by atoms with E-state index >= 15 is 0 Å². The van der Waals surface area contributed by atoms with Gasteiger partial charge in [0.05, 0.1) is 47.1 Å². The number of benzene rings is 3. The Bertz CT molecular complexity index is 2580. The van der Waals surface area contributed by atoms with Crippen LogP contribution in [0.1, 0.15) is 52.7 Å². The van der Waals surface area contributed by atoms with Crippen LogP contribution in [0.3, 0.4) is 0 Å². The van der Waals surface area contributed by atoms with Crippen LogP contribution < -0.4 is 118 Å². The van der Waals surface area contributed by atoms with E-state index in [1.165, 1.54) is 55.5 Å². The van der Waals surface area contributed by atoms with Gasteiger partial charge >= 0.3 is 75.4 Å². The van der Waals surface area contributed by atoms with E-state index in [-0.39, 0.29) is 144 Å². The number of hydrogen-bond acceptors (Lipinski definition) is 20. The first-order chi connectivity index (χ1) is 26.2. The van der Waals surface area contributed by atoms with Gasteiger partial charge in [0.25, 0.3) is 11.9 Å². The zero-order valence-electron chi connectivity index (χ0n) is 31.8. The molecule has 6 rings (SSSR count). The maximum atomic E-state index is 11.6. The van der Waals surface area contributed by atoms with Crippen molar-refractivity contribution < 1.29 is 115 Å². The third-order valence-electron chi connectivity index (χ3n) is 7.58. The number of azo groups is 1. The van der Waals surface area contributed by atoms with Gasteiger partial charge < -0.3 is 50.7 Å². The third-order valence-corrected chi connectivity index (χ3v) is 7.58. The van der Waals surface area contributed by atoms with E-state index < -0.39 is 35.0 Å². The Kier molecular flexibility index (Phi) is 17.0. The van der Waals surface area contributed by atoms with E-state index in [2.05, 4.69) is 40.7 Å². The van der Waals surface area contributed by atoms with Crippen LogP contribution >= 0.6 is 0 Å². The van der Waals surface area contributed by atoms with Gasteiger partial charge in [0.1, 0.15) is 11.6 Å². The van der Waals surface area contributed by atoms with Crippen LogP contribution in [0.2, 0.25) is 0 Å². The summed E-state index contributed by atoms with van der Waals surface area (Å²) in [6, 6.07) is 15.5. The van der Waals surface area contributed by atoms with Crippen LogP contribution in [-0.4, -0.2) is 58.4 Å². The van der Waals surface area contributed by atoms with Gasteiger partial charge in [-0.25, -0.2) is 15.5 Å². The van der Waals surface area contributed by atoms with Crippen molar-refractivity contribution in [3.63, 3.8) is 0 Å². The summed E-state index contributed by atoms with van der Waals surface area (Å²) in [6.45, 7) is 1.51. The fourth-order valence-electron chi connectivity index (χ4n) is 4.89. The number of aromatic carboxylic acids is 4. The van der Waals surface area contributed by atoms with Gasteiger partial charge in [-0.3, -0.25) is 0 Å². The van der Waals surface area contributed by atoms with Crippen molar-refractivity contribution in [3.8, 4) is 17.7 Å². The number of aryl methyl sites for hydroxylation is 1. The molecule has 0 amide bonds. The predicted octanol–water partition coefficient (Wildman–Crippen LogP) is -13.4. The number of nitrogen functional groups attached to an aromatic ring is 1. The first-order valence-corrected chi connectivity index (χ1v) is 15.3. The van der Waals surface area contributed by atoms with E-state index in [0.29, 0.717) is 5.69 Å². The zero-order valence-corrected chi connectivity index (χ0v) is 31.8. The van der Waals surface area contributed by atoms with E-state index in [0.717, 1.165) is 38.8 Å². The maximum absolute atomic E-state index is 11.6. The Hall–Kier alpha value is -6.19. The van der Waals surface area contributed by atoms with Crippen molar-refractivity contribution in [1.29, 1.82) is 5.26 Å². The quantitative estimate of drug-likeness (QED) is 0.0450. The molecule has 59 heavy (non-hydrogen) atoms.